The lowest BCUT2D eigenvalue weighted by Crippen LogP contribution is -2.26. The first kappa shape index (κ1) is 15.6. The molecule has 2 aromatic rings. The van der Waals surface area contributed by atoms with Crippen LogP contribution >= 0.6 is 11.3 Å². The molecule has 1 aromatic heterocycles. The molecule has 1 aromatic carbocycles. The minimum atomic E-state index is -4.35. The van der Waals surface area contributed by atoms with Gasteiger partial charge >= 0.3 is 6.18 Å². The minimum absolute atomic E-state index is 0.213. The van der Waals surface area contributed by atoms with E-state index in [9.17, 15) is 18.0 Å². The van der Waals surface area contributed by atoms with Gasteiger partial charge in [0, 0.05) is 0 Å². The highest BCUT2D eigenvalue weighted by atomic mass is 32.1. The van der Waals surface area contributed by atoms with E-state index in [0.717, 1.165) is 17.7 Å². The van der Waals surface area contributed by atoms with Crippen molar-refractivity contribution in [3.05, 3.63) is 57.3 Å². The summed E-state index contributed by atoms with van der Waals surface area (Å²) in [6.07, 6.45) is -4.35. The van der Waals surface area contributed by atoms with Crippen molar-refractivity contribution in [2.24, 2.45) is 0 Å². The Hall–Kier alpha value is -1.82. The Morgan fingerprint density at radius 3 is 2.29 bits per heavy atom. The van der Waals surface area contributed by atoms with Crippen molar-refractivity contribution < 1.29 is 18.0 Å². The van der Waals surface area contributed by atoms with Gasteiger partial charge in [-0.15, -0.1) is 11.3 Å². The van der Waals surface area contributed by atoms with Crippen LogP contribution in [-0.4, -0.2) is 5.91 Å². The van der Waals surface area contributed by atoms with Gasteiger partial charge in [-0.2, -0.15) is 13.2 Å². The zero-order valence-electron chi connectivity index (χ0n) is 11.5. The van der Waals surface area contributed by atoms with Crippen molar-refractivity contribution in [3.8, 4) is 0 Å². The third kappa shape index (κ3) is 3.64. The van der Waals surface area contributed by atoms with E-state index in [4.69, 9.17) is 0 Å². The average molecular weight is 313 g/mol. The summed E-state index contributed by atoms with van der Waals surface area (Å²) in [4.78, 5) is 12.7. The molecule has 0 bridgehead atoms. The van der Waals surface area contributed by atoms with Crippen LogP contribution in [0.15, 0.2) is 35.7 Å². The molecule has 1 amide bonds. The van der Waals surface area contributed by atoms with E-state index >= 15 is 0 Å². The number of nitrogens with one attached hydrogen (secondary N) is 1. The van der Waals surface area contributed by atoms with Crippen LogP contribution in [0.4, 0.5) is 13.2 Å². The Morgan fingerprint density at radius 2 is 1.81 bits per heavy atom. The van der Waals surface area contributed by atoms with Crippen molar-refractivity contribution in [1.82, 2.24) is 5.32 Å². The first-order valence-corrected chi connectivity index (χ1v) is 7.19. The quantitative estimate of drug-likeness (QED) is 0.884. The number of carbonyl (C=O) groups excluding carboxylic acids is 1. The number of thiophene rings is 1. The van der Waals surface area contributed by atoms with E-state index < -0.39 is 11.7 Å². The smallest absolute Gasteiger partial charge is 0.345 e. The molecule has 0 aliphatic rings. The molecule has 0 radical (unpaired) electrons. The molecule has 0 fully saturated rings. The second-order valence-corrected chi connectivity index (χ2v) is 5.66. The average Bonchev–Trinajstić information content (AvgIpc) is 2.84. The lowest BCUT2D eigenvalue weighted by Gasteiger charge is -2.15. The number of rotatable bonds is 3. The predicted octanol–water partition coefficient (Wildman–Crippen LogP) is 4.57. The van der Waals surface area contributed by atoms with Gasteiger partial charge in [-0.1, -0.05) is 12.1 Å². The van der Waals surface area contributed by atoms with Crippen molar-refractivity contribution in [2.75, 3.05) is 0 Å². The Bertz CT molecular complexity index is 631. The largest absolute Gasteiger partial charge is 0.416 e. The Labute approximate surface area is 124 Å². The molecule has 6 heteroatoms. The summed E-state index contributed by atoms with van der Waals surface area (Å²) >= 11 is 1.34. The molecule has 112 valence electrons. The SMILES string of the molecule is Cc1ccsc1C(=O)N[C@H](C)c1ccc(C(F)(F)F)cc1. The van der Waals surface area contributed by atoms with Crippen molar-refractivity contribution in [3.63, 3.8) is 0 Å². The van der Waals surface area contributed by atoms with Gasteiger partial charge in [-0.05, 0) is 48.6 Å². The highest BCUT2D eigenvalue weighted by Crippen LogP contribution is 2.30. The molecule has 0 unspecified atom stereocenters. The van der Waals surface area contributed by atoms with Gasteiger partial charge in [0.05, 0.1) is 16.5 Å². The van der Waals surface area contributed by atoms with Crippen molar-refractivity contribution >= 4 is 17.2 Å². The monoisotopic (exact) mass is 313 g/mol. The van der Waals surface area contributed by atoms with E-state index in [1.54, 1.807) is 6.92 Å². The number of hydrogen-bond acceptors (Lipinski definition) is 2. The van der Waals surface area contributed by atoms with Gasteiger partial charge in [-0.3, -0.25) is 4.79 Å². The van der Waals surface area contributed by atoms with Gasteiger partial charge in [0.15, 0.2) is 0 Å². The summed E-state index contributed by atoms with van der Waals surface area (Å²) in [5.74, 6) is -0.213. The fraction of sp³-hybridized carbons (Fsp3) is 0.267. The molecule has 0 saturated carbocycles. The zero-order chi connectivity index (χ0) is 15.6. The number of carbonyl (C=O) groups is 1. The Balaban J connectivity index is 2.09. The summed E-state index contributed by atoms with van der Waals surface area (Å²) in [6, 6.07) is 6.30. The molecule has 2 nitrogen and oxygen atoms in total. The number of alkyl halides is 3. The lowest BCUT2D eigenvalue weighted by atomic mass is 10.1. The van der Waals surface area contributed by atoms with E-state index in [-0.39, 0.29) is 11.9 Å². The first-order valence-electron chi connectivity index (χ1n) is 6.31. The molecule has 0 saturated heterocycles. The van der Waals surface area contributed by atoms with Gasteiger partial charge in [0.2, 0.25) is 0 Å². The fourth-order valence-corrected chi connectivity index (χ4v) is 2.74. The van der Waals surface area contributed by atoms with Crippen LogP contribution in [0.2, 0.25) is 0 Å². The van der Waals surface area contributed by atoms with Crippen LogP contribution in [0.5, 0.6) is 0 Å². The highest BCUT2D eigenvalue weighted by molar-refractivity contribution is 7.12. The highest BCUT2D eigenvalue weighted by Gasteiger charge is 2.30. The number of aryl methyl sites for hydroxylation is 1. The maximum atomic E-state index is 12.5. The number of amides is 1. The van der Waals surface area contributed by atoms with Crippen LogP contribution < -0.4 is 5.32 Å². The third-order valence-electron chi connectivity index (χ3n) is 3.15. The summed E-state index contributed by atoms with van der Waals surface area (Å²) in [5.41, 5.74) is 0.821. The Morgan fingerprint density at radius 1 is 1.19 bits per heavy atom. The van der Waals surface area contributed by atoms with Gasteiger partial charge < -0.3 is 5.32 Å². The Kier molecular flexibility index (Phi) is 4.37. The first-order chi connectivity index (χ1) is 9.79. The van der Waals surface area contributed by atoms with Crippen LogP contribution in [-0.2, 0) is 6.18 Å². The lowest BCUT2D eigenvalue weighted by molar-refractivity contribution is -0.137. The molecule has 0 aliphatic carbocycles. The minimum Gasteiger partial charge on any atom is -0.345 e. The molecule has 0 spiro atoms. The van der Waals surface area contributed by atoms with Crippen LogP contribution in [0.3, 0.4) is 0 Å². The zero-order valence-corrected chi connectivity index (χ0v) is 12.3. The summed E-state index contributed by atoms with van der Waals surface area (Å²) < 4.78 is 37.5. The standard InChI is InChI=1S/C15H14F3NOS/c1-9-7-8-21-13(9)14(20)19-10(2)11-3-5-12(6-4-11)15(16,17)18/h3-8,10H,1-2H3,(H,19,20)/t10-/m1/s1. The van der Waals surface area contributed by atoms with E-state index in [1.807, 2.05) is 18.4 Å². The van der Waals surface area contributed by atoms with E-state index in [2.05, 4.69) is 5.32 Å². The molecule has 1 N–H and O–H groups in total. The van der Waals surface area contributed by atoms with E-state index in [0.29, 0.717) is 10.4 Å². The summed E-state index contributed by atoms with van der Waals surface area (Å²) in [7, 11) is 0. The van der Waals surface area contributed by atoms with Gasteiger partial charge in [-0.25, -0.2) is 0 Å². The van der Waals surface area contributed by atoms with Gasteiger partial charge in [0.25, 0.3) is 5.91 Å². The topological polar surface area (TPSA) is 29.1 Å². The molecule has 1 atom stereocenters. The second kappa shape index (κ2) is 5.89. The van der Waals surface area contributed by atoms with E-state index in [1.165, 1.54) is 23.5 Å². The molecular formula is C15H14F3NOS. The fourth-order valence-electron chi connectivity index (χ4n) is 1.91. The number of halogens is 3. The molecular weight excluding hydrogens is 299 g/mol. The second-order valence-electron chi connectivity index (χ2n) is 4.75. The van der Waals surface area contributed by atoms with Crippen LogP contribution in [0, 0.1) is 6.92 Å². The number of hydrogen-bond donors (Lipinski definition) is 1. The van der Waals surface area contributed by atoms with Gasteiger partial charge in [0.1, 0.15) is 0 Å². The maximum absolute atomic E-state index is 12.5. The third-order valence-corrected chi connectivity index (χ3v) is 4.17. The van der Waals surface area contributed by atoms with Crippen LogP contribution in [0.25, 0.3) is 0 Å². The number of benzene rings is 1. The molecule has 1 heterocycles. The maximum Gasteiger partial charge on any atom is 0.416 e. The predicted molar refractivity (Wildman–Crippen MR) is 76.4 cm³/mol. The van der Waals surface area contributed by atoms with Crippen molar-refractivity contribution in [2.45, 2.75) is 26.1 Å². The van der Waals surface area contributed by atoms with Crippen LogP contribution in [0.1, 0.15) is 39.3 Å². The summed E-state index contributed by atoms with van der Waals surface area (Å²) in [6.45, 7) is 3.58. The molecule has 2 rings (SSSR count). The summed E-state index contributed by atoms with van der Waals surface area (Å²) in [5, 5.41) is 4.61. The normalized spacial score (nSPS) is 13.0. The van der Waals surface area contributed by atoms with Crippen molar-refractivity contribution in [1.29, 1.82) is 0 Å². The molecule has 21 heavy (non-hydrogen) atoms. The molecule has 0 aliphatic heterocycles.